The number of amides is 2. The Kier molecular flexibility index (Phi) is 13.8. The molecule has 7 N–H and O–H groups in total. The predicted octanol–water partition coefficient (Wildman–Crippen LogP) is 4.62. The molecule has 0 fully saturated rings. The molecule has 3 aromatic heterocycles. The second kappa shape index (κ2) is 18.4. The number of rotatable bonds is 15. The minimum Gasteiger partial charge on any atom is -0.469 e. The van der Waals surface area contributed by atoms with E-state index in [4.69, 9.17) is 14.7 Å². The average molecular weight is 772 g/mol. The van der Waals surface area contributed by atoms with Crippen LogP contribution in [-0.4, -0.2) is 99.7 Å². The van der Waals surface area contributed by atoms with E-state index >= 15 is 0 Å². The van der Waals surface area contributed by atoms with Gasteiger partial charge in [0.05, 0.1) is 48.5 Å². The number of fused-ring (bicyclic) bond motifs is 8. The number of nitrogens with one attached hydrogen (secondary N) is 5. The molecule has 0 radical (unpaired) electrons. The zero-order chi connectivity index (χ0) is 40.8. The lowest BCUT2D eigenvalue weighted by Crippen LogP contribution is -2.34. The molecule has 0 spiro atoms. The fraction of sp³-hybridized carbons (Fsp3) is 0.524. The minimum absolute atomic E-state index is 0.0450. The number of aromatic nitrogens is 4. The highest BCUT2D eigenvalue weighted by molar-refractivity contribution is 6.06. The highest BCUT2D eigenvalue weighted by atomic mass is 16.5. The molecule has 0 aliphatic carbocycles. The van der Waals surface area contributed by atoms with E-state index in [1.165, 1.54) is 7.11 Å². The first kappa shape index (κ1) is 42.2. The number of carbonyl (C=O) groups excluding carboxylic acids is 4. The van der Waals surface area contributed by atoms with E-state index in [-0.39, 0.29) is 60.7 Å². The molecule has 2 amide bonds. The summed E-state index contributed by atoms with van der Waals surface area (Å²) in [5.41, 5.74) is 8.22. The first-order chi connectivity index (χ1) is 26.7. The van der Waals surface area contributed by atoms with Gasteiger partial charge < -0.3 is 40.9 Å². The molecular formula is C42H57N7O7. The van der Waals surface area contributed by atoms with Gasteiger partial charge in [-0.3, -0.25) is 29.1 Å². The van der Waals surface area contributed by atoms with Gasteiger partial charge in [0.15, 0.2) is 5.78 Å². The summed E-state index contributed by atoms with van der Waals surface area (Å²) in [7, 11) is 1.31. The lowest BCUT2D eigenvalue weighted by Gasteiger charge is -2.18. The Morgan fingerprint density at radius 2 is 1.52 bits per heavy atom. The summed E-state index contributed by atoms with van der Waals surface area (Å²) in [4.78, 5) is 71.1. The summed E-state index contributed by atoms with van der Waals surface area (Å²) in [6, 6.07) is 5.86. The van der Waals surface area contributed by atoms with Gasteiger partial charge in [0.25, 0.3) is 5.91 Å². The zero-order valence-electron chi connectivity index (χ0n) is 33.8. The Morgan fingerprint density at radius 3 is 2.18 bits per heavy atom. The van der Waals surface area contributed by atoms with E-state index in [1.807, 2.05) is 45.9 Å². The third-order valence-corrected chi connectivity index (χ3v) is 11.3. The van der Waals surface area contributed by atoms with Crippen LogP contribution in [0.4, 0.5) is 0 Å². The van der Waals surface area contributed by atoms with Crippen molar-refractivity contribution in [2.24, 2.45) is 0 Å². The van der Waals surface area contributed by atoms with E-state index in [2.05, 4.69) is 39.8 Å². The monoisotopic (exact) mass is 771 g/mol. The molecule has 8 bridgehead atoms. The first-order valence-corrected chi connectivity index (χ1v) is 19.6. The molecule has 2 aliphatic rings. The number of carbonyl (C=O) groups is 4. The van der Waals surface area contributed by atoms with Crippen LogP contribution in [0.15, 0.2) is 18.2 Å². The highest BCUT2D eigenvalue weighted by Crippen LogP contribution is 2.43. The number of methoxy groups -OCH3 is 1. The normalized spacial score (nSPS) is 18.4. The molecule has 5 rings (SSSR count). The Bertz CT molecular complexity index is 2140. The van der Waals surface area contributed by atoms with Crippen LogP contribution in [0.25, 0.3) is 22.1 Å². The van der Waals surface area contributed by atoms with Gasteiger partial charge in [0.1, 0.15) is 0 Å². The molecule has 302 valence electrons. The Hall–Kier alpha value is -4.92. The van der Waals surface area contributed by atoms with Crippen LogP contribution in [0.1, 0.15) is 138 Å². The number of aliphatic hydroxyl groups is 2. The molecule has 0 saturated heterocycles. The van der Waals surface area contributed by atoms with Gasteiger partial charge in [-0.05, 0) is 69.5 Å². The van der Waals surface area contributed by atoms with Crippen LogP contribution in [0, 0.1) is 13.8 Å². The number of hydrogen-bond acceptors (Lipinski definition) is 10. The molecule has 0 aromatic carbocycles. The number of ether oxygens (including phenoxy) is 1. The summed E-state index contributed by atoms with van der Waals surface area (Å²) < 4.78 is 5.22. The average Bonchev–Trinajstić information content (AvgIpc) is 3.86. The number of Topliss-reactive ketones (excluding diaryl/α,β-unsaturated/α-hetero) is 1. The van der Waals surface area contributed by atoms with Crippen LogP contribution in [-0.2, 0) is 20.7 Å². The lowest BCUT2D eigenvalue weighted by atomic mass is 9.85. The number of ketones is 1. The van der Waals surface area contributed by atoms with Crippen molar-refractivity contribution in [3.05, 3.63) is 68.8 Å². The van der Waals surface area contributed by atoms with Crippen molar-refractivity contribution in [2.45, 2.75) is 104 Å². The zero-order valence-corrected chi connectivity index (χ0v) is 33.8. The Labute approximate surface area is 327 Å². The van der Waals surface area contributed by atoms with Crippen LogP contribution >= 0.6 is 0 Å². The molecule has 3 aromatic rings. The standard InChI is InChI=1S/C42H57N7O7/c1-9-27-21(3)30-18-35-38(25(7)51)23(5)32(47-35)16-31-22(4)28(11-12-36(53)45-19-26(52)20-50)40(48-31)29(15-37(54)56-8)41-39(42(55)44-14-13-43-10-2)24(6)33(49-41)17-34(27)46-30/h16-18,21-22,26-28,43,47,49-50,52H,9-15,19-20H2,1-8H3,(H,44,55)(H,45,53)/t21-,22+,26?,27-,28+/m1/s1. The van der Waals surface area contributed by atoms with Crippen molar-refractivity contribution in [3.8, 4) is 0 Å². The summed E-state index contributed by atoms with van der Waals surface area (Å²) in [5, 5.41) is 28.0. The molecule has 14 nitrogen and oxygen atoms in total. The summed E-state index contributed by atoms with van der Waals surface area (Å²) >= 11 is 0. The van der Waals surface area contributed by atoms with Gasteiger partial charge in [0, 0.05) is 89.0 Å². The minimum atomic E-state index is -1.09. The van der Waals surface area contributed by atoms with Gasteiger partial charge in [-0.25, -0.2) is 0 Å². The number of aromatic amines is 2. The van der Waals surface area contributed by atoms with Crippen molar-refractivity contribution in [3.63, 3.8) is 0 Å². The molecule has 14 heteroatoms. The number of aliphatic hydroxyl groups excluding tert-OH is 2. The van der Waals surface area contributed by atoms with Crippen molar-refractivity contribution >= 4 is 45.6 Å². The molecule has 2 aliphatic heterocycles. The summed E-state index contributed by atoms with van der Waals surface area (Å²) in [6.07, 6.45) is -0.103. The molecule has 0 saturated carbocycles. The Balaban J connectivity index is 1.89. The molecule has 5 heterocycles. The van der Waals surface area contributed by atoms with Gasteiger partial charge in [-0.1, -0.05) is 27.7 Å². The van der Waals surface area contributed by atoms with Gasteiger partial charge in [0.2, 0.25) is 5.91 Å². The molecular weight excluding hydrogens is 715 g/mol. The lowest BCUT2D eigenvalue weighted by molar-refractivity contribution is -0.139. The fourth-order valence-electron chi connectivity index (χ4n) is 8.05. The second-order valence-electron chi connectivity index (χ2n) is 15.0. The van der Waals surface area contributed by atoms with Gasteiger partial charge >= 0.3 is 5.97 Å². The quantitative estimate of drug-likeness (QED) is 0.0647. The van der Waals surface area contributed by atoms with Crippen molar-refractivity contribution in [1.29, 1.82) is 0 Å². The van der Waals surface area contributed by atoms with E-state index in [1.54, 1.807) is 6.92 Å². The predicted molar refractivity (Wildman–Crippen MR) is 215 cm³/mol. The van der Waals surface area contributed by atoms with Crippen LogP contribution in [0.3, 0.4) is 0 Å². The van der Waals surface area contributed by atoms with Crippen LogP contribution in [0.2, 0.25) is 0 Å². The largest absolute Gasteiger partial charge is 0.469 e. The topological polar surface area (TPSA) is 211 Å². The van der Waals surface area contributed by atoms with Crippen LogP contribution in [0.5, 0.6) is 0 Å². The maximum atomic E-state index is 14.2. The molecule has 5 atom stereocenters. The number of esters is 1. The van der Waals surface area contributed by atoms with Gasteiger partial charge in [-0.15, -0.1) is 0 Å². The maximum absolute atomic E-state index is 14.2. The van der Waals surface area contributed by atoms with Gasteiger partial charge in [-0.2, -0.15) is 0 Å². The summed E-state index contributed by atoms with van der Waals surface area (Å²) in [6.45, 7) is 14.7. The SMILES string of the molecule is CCNCCNC(=O)c1c(C)c2cc3nc(cc4[nH]c(cc5nc(c(CC(=O)OC)c1[nH]2)[C@@H](CCC(=O)NCC(O)CO)[C@@H]5C)c(C)c4C(C)=O)[C@H](C)[C@H]3CC. The third-order valence-electron chi connectivity index (χ3n) is 11.3. The number of aryl methyl sites for hydroxylation is 2. The van der Waals surface area contributed by atoms with Crippen LogP contribution < -0.4 is 16.0 Å². The molecule has 56 heavy (non-hydrogen) atoms. The Morgan fingerprint density at radius 1 is 0.875 bits per heavy atom. The van der Waals surface area contributed by atoms with Crippen molar-refractivity contribution in [1.82, 2.24) is 35.9 Å². The highest BCUT2D eigenvalue weighted by Gasteiger charge is 2.34. The number of nitrogens with zero attached hydrogens (tertiary/aromatic N) is 2. The first-order valence-electron chi connectivity index (χ1n) is 19.6. The summed E-state index contributed by atoms with van der Waals surface area (Å²) in [5.74, 6) is -1.79. The van der Waals surface area contributed by atoms with E-state index < -0.39 is 18.7 Å². The van der Waals surface area contributed by atoms with E-state index in [0.717, 1.165) is 29.9 Å². The second-order valence-corrected chi connectivity index (χ2v) is 15.0. The smallest absolute Gasteiger partial charge is 0.310 e. The fourth-order valence-corrected chi connectivity index (χ4v) is 8.05. The van der Waals surface area contributed by atoms with Crippen molar-refractivity contribution in [2.75, 3.05) is 39.9 Å². The third kappa shape index (κ3) is 8.87. The van der Waals surface area contributed by atoms with E-state index in [9.17, 15) is 29.4 Å². The molecule has 1 unspecified atom stereocenters. The van der Waals surface area contributed by atoms with E-state index in [0.29, 0.717) is 75.2 Å². The maximum Gasteiger partial charge on any atom is 0.310 e. The number of likely N-dealkylation sites (N-methyl/N-ethyl adjacent to an activating group) is 1. The number of hydrogen-bond donors (Lipinski definition) is 7. The van der Waals surface area contributed by atoms with Crippen molar-refractivity contribution < 1.29 is 34.1 Å². The number of H-pyrrole nitrogens is 2.